The van der Waals surface area contributed by atoms with Gasteiger partial charge in [0.25, 0.3) is 0 Å². The Labute approximate surface area is 182 Å². The van der Waals surface area contributed by atoms with E-state index in [9.17, 15) is 26.3 Å². The van der Waals surface area contributed by atoms with E-state index in [0.717, 1.165) is 43.2 Å². The summed E-state index contributed by atoms with van der Waals surface area (Å²) in [7, 11) is 2.12. The molecule has 0 atom stereocenters. The number of carboxylic acid groups (broad SMARTS) is 2. The molecule has 16 heteroatoms. The van der Waals surface area contributed by atoms with E-state index in [1.807, 2.05) is 16.8 Å². The average Bonchev–Trinajstić information content (AvgIpc) is 2.97. The average molecular weight is 487 g/mol. The first kappa shape index (κ1) is 27.6. The summed E-state index contributed by atoms with van der Waals surface area (Å²) >= 11 is 0. The van der Waals surface area contributed by atoms with Crippen LogP contribution in [-0.2, 0) is 29.3 Å². The second kappa shape index (κ2) is 12.0. The van der Waals surface area contributed by atoms with Crippen LogP contribution >= 0.6 is 0 Å². The lowest BCUT2D eigenvalue weighted by atomic mass is 10.3. The number of alkyl halides is 6. The first-order chi connectivity index (χ1) is 15.2. The maximum absolute atomic E-state index is 10.6. The molecule has 2 aromatic heterocycles. The van der Waals surface area contributed by atoms with Gasteiger partial charge in [-0.15, -0.1) is 5.10 Å². The highest BCUT2D eigenvalue weighted by Crippen LogP contribution is 2.16. The van der Waals surface area contributed by atoms with Gasteiger partial charge < -0.3 is 19.8 Å². The largest absolute Gasteiger partial charge is 0.490 e. The predicted octanol–water partition coefficient (Wildman–Crippen LogP) is 2.35. The van der Waals surface area contributed by atoms with Crippen LogP contribution < -0.4 is 4.74 Å². The van der Waals surface area contributed by atoms with Crippen LogP contribution in [0.4, 0.5) is 26.3 Å². The molecule has 1 aliphatic rings. The van der Waals surface area contributed by atoms with Gasteiger partial charge in [0.05, 0.1) is 11.9 Å². The smallest absolute Gasteiger partial charge is 0.486 e. The van der Waals surface area contributed by atoms with Gasteiger partial charge in [-0.1, -0.05) is 5.21 Å². The third kappa shape index (κ3) is 10.2. The number of nitrogens with zero attached hydrogens (tertiary/aromatic N) is 5. The number of aromatic nitrogens is 4. The van der Waals surface area contributed by atoms with Gasteiger partial charge in [-0.3, -0.25) is 4.98 Å². The van der Waals surface area contributed by atoms with Crippen molar-refractivity contribution in [2.45, 2.75) is 38.5 Å². The van der Waals surface area contributed by atoms with Gasteiger partial charge in [0.15, 0.2) is 0 Å². The molecule has 2 aromatic rings. The molecular formula is C17H19F6N5O5. The highest BCUT2D eigenvalue weighted by molar-refractivity contribution is 5.73. The van der Waals surface area contributed by atoms with Crippen molar-refractivity contribution in [3.63, 3.8) is 0 Å². The van der Waals surface area contributed by atoms with Gasteiger partial charge in [0.1, 0.15) is 18.1 Å². The Bertz CT molecular complexity index is 880. The number of hydrogen-bond acceptors (Lipinski definition) is 7. The number of fused-ring (bicyclic) bond motifs is 1. The van der Waals surface area contributed by atoms with Crippen molar-refractivity contribution < 1.29 is 50.9 Å². The molecule has 0 fully saturated rings. The maximum Gasteiger partial charge on any atom is 0.490 e. The Kier molecular flexibility index (Phi) is 10.0. The molecule has 1 aliphatic heterocycles. The summed E-state index contributed by atoms with van der Waals surface area (Å²) in [6, 6.07) is 3.75. The molecule has 0 saturated carbocycles. The topological polar surface area (TPSA) is 131 Å². The Balaban J connectivity index is 0.000000324. The van der Waals surface area contributed by atoms with Crippen molar-refractivity contribution >= 4 is 11.9 Å². The van der Waals surface area contributed by atoms with Gasteiger partial charge in [-0.05, 0) is 25.6 Å². The molecular weight excluding hydrogens is 468 g/mol. The number of halogens is 6. The van der Waals surface area contributed by atoms with Gasteiger partial charge in [0.2, 0.25) is 0 Å². The summed E-state index contributed by atoms with van der Waals surface area (Å²) in [4.78, 5) is 24.1. The van der Waals surface area contributed by atoms with E-state index in [-0.39, 0.29) is 0 Å². The second-order valence-electron chi connectivity index (χ2n) is 6.38. The van der Waals surface area contributed by atoms with Gasteiger partial charge in [0, 0.05) is 25.8 Å². The Morgan fingerprint density at radius 2 is 1.67 bits per heavy atom. The molecule has 0 radical (unpaired) electrons. The fourth-order valence-electron chi connectivity index (χ4n) is 2.24. The standard InChI is InChI=1S/C13H17N5O.2C2HF3O2/c1-17-6-3-7-18-13(9-17)12(15-16-18)10-19-11-4-2-5-14-8-11;2*3-2(4,5)1(6)7/h2,4-5,8H,3,6-7,9-10H2,1H3;2*(H,6,7). The third-order valence-corrected chi connectivity index (χ3v) is 3.74. The van der Waals surface area contributed by atoms with Crippen molar-refractivity contribution in [3.8, 4) is 5.75 Å². The zero-order valence-electron chi connectivity index (χ0n) is 17.0. The van der Waals surface area contributed by atoms with Gasteiger partial charge in [-0.2, -0.15) is 26.3 Å². The van der Waals surface area contributed by atoms with Crippen molar-refractivity contribution in [3.05, 3.63) is 35.9 Å². The third-order valence-electron chi connectivity index (χ3n) is 3.74. The first-order valence-electron chi connectivity index (χ1n) is 8.94. The fraction of sp³-hybridized carbons (Fsp3) is 0.471. The highest BCUT2D eigenvalue weighted by Gasteiger charge is 2.38. The van der Waals surface area contributed by atoms with E-state index < -0.39 is 24.3 Å². The summed E-state index contributed by atoms with van der Waals surface area (Å²) in [6.45, 7) is 3.33. The number of hydrogen-bond donors (Lipinski definition) is 2. The lowest BCUT2D eigenvalue weighted by Gasteiger charge is -2.12. The van der Waals surface area contributed by atoms with Crippen LogP contribution in [-0.4, -0.2) is 73.0 Å². The minimum Gasteiger partial charge on any atom is -0.486 e. The summed E-state index contributed by atoms with van der Waals surface area (Å²) in [6.07, 6.45) is -5.63. The number of rotatable bonds is 3. The summed E-state index contributed by atoms with van der Waals surface area (Å²) in [5.74, 6) is -4.76. The number of carbonyl (C=O) groups is 2. The molecule has 0 aliphatic carbocycles. The molecule has 0 saturated heterocycles. The van der Waals surface area contributed by atoms with Crippen molar-refractivity contribution in [1.29, 1.82) is 0 Å². The quantitative estimate of drug-likeness (QED) is 0.627. The van der Waals surface area contributed by atoms with Crippen LogP contribution in [0.15, 0.2) is 24.5 Å². The molecule has 184 valence electrons. The monoisotopic (exact) mass is 487 g/mol. The lowest BCUT2D eigenvalue weighted by Crippen LogP contribution is -2.21. The molecule has 33 heavy (non-hydrogen) atoms. The van der Waals surface area contributed by atoms with E-state index in [1.165, 1.54) is 0 Å². The zero-order valence-corrected chi connectivity index (χ0v) is 17.0. The normalized spacial score (nSPS) is 13.9. The Hall–Kier alpha value is -3.43. The molecule has 0 unspecified atom stereocenters. The summed E-state index contributed by atoms with van der Waals surface area (Å²) in [5.41, 5.74) is 2.07. The molecule has 2 N–H and O–H groups in total. The van der Waals surface area contributed by atoms with Crippen molar-refractivity contribution in [2.24, 2.45) is 0 Å². The zero-order chi connectivity index (χ0) is 25.2. The SMILES string of the molecule is CN1CCCn2nnc(COc3cccnc3)c2C1.O=C(O)C(F)(F)F.O=C(O)C(F)(F)F. The summed E-state index contributed by atoms with van der Waals surface area (Å²) < 4.78 is 71.2. The van der Waals surface area contributed by atoms with Gasteiger partial charge in [-0.25, -0.2) is 14.3 Å². The molecule has 3 heterocycles. The fourth-order valence-corrected chi connectivity index (χ4v) is 2.24. The Morgan fingerprint density at radius 1 is 1.09 bits per heavy atom. The lowest BCUT2D eigenvalue weighted by molar-refractivity contribution is -0.193. The van der Waals surface area contributed by atoms with E-state index in [0.29, 0.717) is 6.61 Å². The number of aliphatic carboxylic acids is 2. The van der Waals surface area contributed by atoms with Crippen LogP contribution in [0.2, 0.25) is 0 Å². The molecule has 0 spiro atoms. The minimum atomic E-state index is -5.08. The predicted molar refractivity (Wildman–Crippen MR) is 96.9 cm³/mol. The molecule has 0 aromatic carbocycles. The second-order valence-corrected chi connectivity index (χ2v) is 6.38. The van der Waals surface area contributed by atoms with E-state index in [1.54, 1.807) is 12.4 Å². The molecule has 0 amide bonds. The van der Waals surface area contributed by atoms with Gasteiger partial charge >= 0.3 is 24.3 Å². The van der Waals surface area contributed by atoms with Crippen LogP contribution in [0.3, 0.4) is 0 Å². The highest BCUT2D eigenvalue weighted by atomic mass is 19.4. The first-order valence-corrected chi connectivity index (χ1v) is 8.94. The summed E-state index contributed by atoms with van der Waals surface area (Å²) in [5, 5.41) is 22.7. The van der Waals surface area contributed by atoms with E-state index in [4.69, 9.17) is 24.5 Å². The van der Waals surface area contributed by atoms with Crippen LogP contribution in [0.5, 0.6) is 5.75 Å². The molecule has 0 bridgehead atoms. The van der Waals surface area contributed by atoms with E-state index in [2.05, 4.69) is 27.2 Å². The number of ether oxygens (including phenoxy) is 1. The Morgan fingerprint density at radius 3 is 2.15 bits per heavy atom. The number of carboxylic acids is 2. The minimum absolute atomic E-state index is 0.439. The molecule has 10 nitrogen and oxygen atoms in total. The van der Waals surface area contributed by atoms with Crippen molar-refractivity contribution in [2.75, 3.05) is 13.6 Å². The number of aryl methyl sites for hydroxylation is 1. The van der Waals surface area contributed by atoms with Crippen LogP contribution in [0.1, 0.15) is 17.8 Å². The number of pyridine rings is 1. The molecule has 3 rings (SSSR count). The van der Waals surface area contributed by atoms with Crippen LogP contribution in [0, 0.1) is 0 Å². The van der Waals surface area contributed by atoms with E-state index >= 15 is 0 Å². The van der Waals surface area contributed by atoms with Crippen molar-refractivity contribution in [1.82, 2.24) is 24.9 Å². The van der Waals surface area contributed by atoms with Crippen LogP contribution in [0.25, 0.3) is 0 Å². The maximum atomic E-state index is 10.6.